The summed E-state index contributed by atoms with van der Waals surface area (Å²) >= 11 is 6.07. The fourth-order valence-corrected chi connectivity index (χ4v) is 3.03. The Morgan fingerprint density at radius 3 is 2.37 bits per heavy atom. The van der Waals surface area contributed by atoms with Crippen LogP contribution < -0.4 is 4.74 Å². The highest BCUT2D eigenvalue weighted by atomic mass is 35.5. The Balaban J connectivity index is 2.63. The lowest BCUT2D eigenvalue weighted by Crippen LogP contribution is -1.99. The van der Waals surface area contributed by atoms with E-state index in [9.17, 15) is 8.42 Å². The minimum Gasteiger partial charge on any atom is -0.495 e. The van der Waals surface area contributed by atoms with Gasteiger partial charge < -0.3 is 4.74 Å². The Kier molecular flexibility index (Phi) is 3.83. The zero-order valence-electron chi connectivity index (χ0n) is 10.6. The molecule has 0 aromatic heterocycles. The minimum atomic E-state index is -3.28. The topological polar surface area (TPSA) is 43.4 Å². The average molecular weight is 297 g/mol. The third-order valence-electron chi connectivity index (χ3n) is 2.75. The van der Waals surface area contributed by atoms with Crippen molar-refractivity contribution in [3.05, 3.63) is 47.5 Å². The van der Waals surface area contributed by atoms with E-state index in [4.69, 9.17) is 16.3 Å². The third kappa shape index (κ3) is 2.91. The van der Waals surface area contributed by atoms with Crippen LogP contribution in [0.5, 0.6) is 5.75 Å². The van der Waals surface area contributed by atoms with Gasteiger partial charge in [-0.05, 0) is 23.8 Å². The van der Waals surface area contributed by atoms with Gasteiger partial charge in [0, 0.05) is 11.8 Å². The van der Waals surface area contributed by atoms with Gasteiger partial charge in [-0.15, -0.1) is 0 Å². The van der Waals surface area contributed by atoms with E-state index >= 15 is 0 Å². The second-order valence-electron chi connectivity index (χ2n) is 4.12. The first-order valence-electron chi connectivity index (χ1n) is 5.56. The molecule has 2 rings (SSSR count). The molecule has 5 heteroatoms. The number of hydrogen-bond donors (Lipinski definition) is 0. The molecule has 0 atom stereocenters. The molecule has 0 spiro atoms. The SMILES string of the molecule is COc1ccc(-c2ccccc2S(C)(=O)=O)cc1Cl. The largest absolute Gasteiger partial charge is 0.495 e. The standard InChI is InChI=1S/C14H13ClO3S/c1-18-13-8-7-10(9-12(13)15)11-5-3-4-6-14(11)19(2,16)17/h3-9H,1-2H3. The first kappa shape index (κ1) is 13.9. The van der Waals surface area contributed by atoms with Gasteiger partial charge in [0.2, 0.25) is 0 Å². The van der Waals surface area contributed by atoms with Crippen molar-refractivity contribution >= 4 is 21.4 Å². The Morgan fingerprint density at radius 2 is 1.79 bits per heavy atom. The summed E-state index contributed by atoms with van der Waals surface area (Å²) in [6, 6.07) is 12.0. The number of rotatable bonds is 3. The van der Waals surface area contributed by atoms with E-state index in [1.165, 1.54) is 13.4 Å². The number of ether oxygens (including phenoxy) is 1. The first-order valence-corrected chi connectivity index (χ1v) is 7.83. The normalized spacial score (nSPS) is 11.3. The highest BCUT2D eigenvalue weighted by Gasteiger charge is 2.14. The van der Waals surface area contributed by atoms with Crippen LogP contribution in [0.4, 0.5) is 0 Å². The smallest absolute Gasteiger partial charge is 0.176 e. The maximum absolute atomic E-state index is 11.8. The summed E-state index contributed by atoms with van der Waals surface area (Å²) in [4.78, 5) is 0.288. The monoisotopic (exact) mass is 296 g/mol. The average Bonchev–Trinajstić information content (AvgIpc) is 2.37. The molecule has 0 amide bonds. The van der Waals surface area contributed by atoms with Gasteiger partial charge in [0.1, 0.15) is 5.75 Å². The second kappa shape index (κ2) is 5.23. The van der Waals surface area contributed by atoms with Crippen molar-refractivity contribution in [3.8, 4) is 16.9 Å². The summed E-state index contributed by atoms with van der Waals surface area (Å²) in [6.45, 7) is 0. The summed E-state index contributed by atoms with van der Waals surface area (Å²) in [5.74, 6) is 0.558. The van der Waals surface area contributed by atoms with E-state index in [1.54, 1.807) is 42.5 Å². The van der Waals surface area contributed by atoms with Crippen LogP contribution in [-0.2, 0) is 9.84 Å². The molecule has 2 aromatic rings. The van der Waals surface area contributed by atoms with Crippen molar-refractivity contribution in [2.24, 2.45) is 0 Å². The van der Waals surface area contributed by atoms with Gasteiger partial charge in [0.15, 0.2) is 9.84 Å². The van der Waals surface area contributed by atoms with E-state index in [1.807, 2.05) is 0 Å². The maximum Gasteiger partial charge on any atom is 0.176 e. The molecule has 0 aliphatic heterocycles. The fourth-order valence-electron chi connectivity index (χ4n) is 1.86. The van der Waals surface area contributed by atoms with E-state index in [0.29, 0.717) is 16.3 Å². The Hall–Kier alpha value is -1.52. The first-order chi connectivity index (χ1) is 8.93. The molecule has 0 saturated carbocycles. The number of halogens is 1. The van der Waals surface area contributed by atoms with Crippen LogP contribution in [0.2, 0.25) is 5.02 Å². The quantitative estimate of drug-likeness (QED) is 0.871. The Morgan fingerprint density at radius 1 is 1.11 bits per heavy atom. The van der Waals surface area contributed by atoms with Crippen molar-refractivity contribution in [2.45, 2.75) is 4.90 Å². The molecule has 0 saturated heterocycles. The molecule has 0 N–H and O–H groups in total. The van der Waals surface area contributed by atoms with Gasteiger partial charge in [-0.2, -0.15) is 0 Å². The van der Waals surface area contributed by atoms with Gasteiger partial charge in [-0.3, -0.25) is 0 Å². The zero-order chi connectivity index (χ0) is 14.0. The molecule has 100 valence electrons. The van der Waals surface area contributed by atoms with Crippen LogP contribution in [-0.4, -0.2) is 21.8 Å². The summed E-state index contributed by atoms with van der Waals surface area (Å²) in [6.07, 6.45) is 1.19. The van der Waals surface area contributed by atoms with E-state index in [0.717, 1.165) is 5.56 Å². The van der Waals surface area contributed by atoms with E-state index in [-0.39, 0.29) is 4.90 Å². The highest BCUT2D eigenvalue weighted by Crippen LogP contribution is 2.33. The molecule has 0 aliphatic rings. The van der Waals surface area contributed by atoms with Crippen LogP contribution in [0.1, 0.15) is 0 Å². The van der Waals surface area contributed by atoms with Gasteiger partial charge in [-0.25, -0.2) is 8.42 Å². The van der Waals surface area contributed by atoms with Crippen molar-refractivity contribution in [1.82, 2.24) is 0 Å². The van der Waals surface area contributed by atoms with Crippen LogP contribution in [0.3, 0.4) is 0 Å². The molecule has 2 aromatic carbocycles. The van der Waals surface area contributed by atoms with Crippen molar-refractivity contribution in [3.63, 3.8) is 0 Å². The Bertz CT molecular complexity index is 708. The molecule has 0 unspecified atom stereocenters. The minimum absolute atomic E-state index is 0.288. The van der Waals surface area contributed by atoms with Crippen molar-refractivity contribution < 1.29 is 13.2 Å². The number of benzene rings is 2. The number of sulfone groups is 1. The lowest BCUT2D eigenvalue weighted by atomic mass is 10.1. The van der Waals surface area contributed by atoms with Crippen LogP contribution in [0.15, 0.2) is 47.4 Å². The molecular weight excluding hydrogens is 284 g/mol. The van der Waals surface area contributed by atoms with Gasteiger partial charge in [0.05, 0.1) is 17.0 Å². The molecule has 0 radical (unpaired) electrons. The molecule has 0 bridgehead atoms. The van der Waals surface area contributed by atoms with Gasteiger partial charge in [0.25, 0.3) is 0 Å². The summed E-state index contributed by atoms with van der Waals surface area (Å²) in [5, 5.41) is 0.448. The van der Waals surface area contributed by atoms with Crippen LogP contribution >= 0.6 is 11.6 Å². The fraction of sp³-hybridized carbons (Fsp3) is 0.143. The molecule has 0 heterocycles. The van der Waals surface area contributed by atoms with E-state index < -0.39 is 9.84 Å². The Labute approximate surface area is 117 Å². The van der Waals surface area contributed by atoms with Gasteiger partial charge in [-0.1, -0.05) is 35.9 Å². The number of methoxy groups -OCH3 is 1. The molecular formula is C14H13ClO3S. The van der Waals surface area contributed by atoms with Gasteiger partial charge >= 0.3 is 0 Å². The van der Waals surface area contributed by atoms with E-state index in [2.05, 4.69) is 0 Å². The van der Waals surface area contributed by atoms with Crippen LogP contribution in [0.25, 0.3) is 11.1 Å². The van der Waals surface area contributed by atoms with Crippen molar-refractivity contribution in [2.75, 3.05) is 13.4 Å². The molecule has 0 fully saturated rings. The maximum atomic E-state index is 11.8. The van der Waals surface area contributed by atoms with Crippen molar-refractivity contribution in [1.29, 1.82) is 0 Å². The number of hydrogen-bond acceptors (Lipinski definition) is 3. The third-order valence-corrected chi connectivity index (χ3v) is 4.20. The predicted molar refractivity (Wildman–Crippen MR) is 76.5 cm³/mol. The second-order valence-corrected chi connectivity index (χ2v) is 6.51. The molecule has 3 nitrogen and oxygen atoms in total. The highest BCUT2D eigenvalue weighted by molar-refractivity contribution is 7.90. The lowest BCUT2D eigenvalue weighted by molar-refractivity contribution is 0.415. The lowest BCUT2D eigenvalue weighted by Gasteiger charge is -2.10. The zero-order valence-corrected chi connectivity index (χ0v) is 12.1. The summed E-state index contributed by atoms with van der Waals surface area (Å²) < 4.78 is 28.6. The molecule has 19 heavy (non-hydrogen) atoms. The van der Waals surface area contributed by atoms with Crippen LogP contribution in [0, 0.1) is 0 Å². The predicted octanol–water partition coefficient (Wildman–Crippen LogP) is 3.42. The summed E-state index contributed by atoms with van der Waals surface area (Å²) in [5.41, 5.74) is 1.38. The summed E-state index contributed by atoms with van der Waals surface area (Å²) in [7, 11) is -1.75. The molecule has 0 aliphatic carbocycles.